The zero-order chi connectivity index (χ0) is 15.8. The molecule has 0 saturated heterocycles. The lowest BCUT2D eigenvalue weighted by Gasteiger charge is -2.16. The summed E-state index contributed by atoms with van der Waals surface area (Å²) in [5.74, 6) is -0.791. The van der Waals surface area contributed by atoms with Crippen LogP contribution in [0.25, 0.3) is 0 Å². The van der Waals surface area contributed by atoms with Crippen molar-refractivity contribution in [3.05, 3.63) is 47.0 Å². The Kier molecular flexibility index (Phi) is 3.91. The first-order valence-electron chi connectivity index (χ1n) is 5.86. The Hall–Kier alpha value is -2.09. The molecule has 4 nitrogen and oxygen atoms in total. The quantitative estimate of drug-likeness (QED) is 0.887. The minimum atomic E-state index is -4.63. The van der Waals surface area contributed by atoms with Crippen LogP contribution in [0.15, 0.2) is 24.4 Å². The number of ether oxygens (including phenoxy) is 1. The highest BCUT2D eigenvalue weighted by Crippen LogP contribution is 2.35. The Balaban J connectivity index is 2.52. The van der Waals surface area contributed by atoms with Crippen molar-refractivity contribution in [2.75, 3.05) is 7.11 Å². The Labute approximate surface area is 117 Å². The van der Waals surface area contributed by atoms with Crippen LogP contribution < -0.4 is 4.74 Å². The lowest BCUT2D eigenvalue weighted by atomic mass is 10.0. The maximum Gasteiger partial charge on any atom is 0.416 e. The monoisotopic (exact) mass is 304 g/mol. The lowest BCUT2D eigenvalue weighted by molar-refractivity contribution is -0.137. The Morgan fingerprint density at radius 1 is 1.33 bits per heavy atom. The molecule has 0 saturated carbocycles. The summed E-state index contributed by atoms with van der Waals surface area (Å²) in [6.45, 7) is 0. The molecule has 21 heavy (non-hydrogen) atoms. The first kappa shape index (κ1) is 15.3. The molecule has 0 radical (unpaired) electrons. The number of halogens is 4. The predicted molar refractivity (Wildman–Crippen MR) is 65.2 cm³/mol. The molecule has 0 amide bonds. The summed E-state index contributed by atoms with van der Waals surface area (Å²) in [4.78, 5) is 0. The number of benzene rings is 1. The molecule has 0 fully saturated rings. The van der Waals surface area contributed by atoms with Gasteiger partial charge in [0.2, 0.25) is 0 Å². The molecule has 2 aromatic rings. The van der Waals surface area contributed by atoms with E-state index < -0.39 is 29.2 Å². The highest BCUT2D eigenvalue weighted by molar-refractivity contribution is 5.37. The number of methoxy groups -OCH3 is 1. The van der Waals surface area contributed by atoms with Gasteiger partial charge in [-0.3, -0.25) is 4.68 Å². The first-order valence-corrected chi connectivity index (χ1v) is 5.86. The Morgan fingerprint density at radius 3 is 2.57 bits per heavy atom. The van der Waals surface area contributed by atoms with Gasteiger partial charge in [-0.25, -0.2) is 4.39 Å². The second kappa shape index (κ2) is 5.36. The van der Waals surface area contributed by atoms with Gasteiger partial charge in [0.1, 0.15) is 17.6 Å². The third kappa shape index (κ3) is 2.85. The van der Waals surface area contributed by atoms with Gasteiger partial charge in [-0.1, -0.05) is 0 Å². The maximum absolute atomic E-state index is 13.8. The van der Waals surface area contributed by atoms with Crippen molar-refractivity contribution in [3.63, 3.8) is 0 Å². The number of nitrogens with zero attached hydrogens (tertiary/aromatic N) is 2. The van der Waals surface area contributed by atoms with Gasteiger partial charge >= 0.3 is 6.18 Å². The van der Waals surface area contributed by atoms with Gasteiger partial charge in [0, 0.05) is 12.6 Å². The Bertz CT molecular complexity index is 652. The number of aromatic nitrogens is 2. The molecule has 2 rings (SSSR count). The molecule has 1 aromatic carbocycles. The molecule has 0 aliphatic rings. The van der Waals surface area contributed by atoms with Gasteiger partial charge in [-0.05, 0) is 18.2 Å². The van der Waals surface area contributed by atoms with Crippen molar-refractivity contribution in [1.29, 1.82) is 0 Å². The van der Waals surface area contributed by atoms with E-state index in [9.17, 15) is 22.7 Å². The van der Waals surface area contributed by atoms with Crippen LogP contribution in [-0.4, -0.2) is 22.0 Å². The van der Waals surface area contributed by atoms with Crippen molar-refractivity contribution >= 4 is 0 Å². The van der Waals surface area contributed by atoms with E-state index in [-0.39, 0.29) is 11.4 Å². The highest BCUT2D eigenvalue weighted by atomic mass is 19.4. The van der Waals surface area contributed by atoms with E-state index in [1.807, 2.05) is 0 Å². The third-order valence-electron chi connectivity index (χ3n) is 3.05. The van der Waals surface area contributed by atoms with Crippen molar-refractivity contribution in [1.82, 2.24) is 9.78 Å². The van der Waals surface area contributed by atoms with E-state index >= 15 is 0 Å². The molecule has 114 valence electrons. The summed E-state index contributed by atoms with van der Waals surface area (Å²) >= 11 is 0. The second-order valence-corrected chi connectivity index (χ2v) is 4.36. The van der Waals surface area contributed by atoms with Crippen LogP contribution in [-0.2, 0) is 13.2 Å². The van der Waals surface area contributed by atoms with Gasteiger partial charge in [0.25, 0.3) is 0 Å². The number of hydrogen-bond acceptors (Lipinski definition) is 3. The molecule has 8 heteroatoms. The lowest BCUT2D eigenvalue weighted by Crippen LogP contribution is -2.12. The zero-order valence-electron chi connectivity index (χ0n) is 11.1. The van der Waals surface area contributed by atoms with Crippen molar-refractivity contribution in [2.24, 2.45) is 7.05 Å². The minimum Gasteiger partial charge on any atom is -0.493 e. The van der Waals surface area contributed by atoms with Crippen LogP contribution in [0, 0.1) is 5.82 Å². The van der Waals surface area contributed by atoms with Gasteiger partial charge in [0.15, 0.2) is 5.75 Å². The number of aliphatic hydroxyl groups is 1. The topological polar surface area (TPSA) is 47.3 Å². The van der Waals surface area contributed by atoms with Gasteiger partial charge in [0.05, 0.1) is 18.9 Å². The molecule has 0 aliphatic carbocycles. The second-order valence-electron chi connectivity index (χ2n) is 4.36. The number of aryl methyl sites for hydroxylation is 1. The van der Waals surface area contributed by atoms with E-state index in [0.29, 0.717) is 18.2 Å². The molecule has 0 spiro atoms. The molecular formula is C13H12F4N2O2. The summed E-state index contributed by atoms with van der Waals surface area (Å²) in [5, 5.41) is 14.0. The third-order valence-corrected chi connectivity index (χ3v) is 3.05. The Morgan fingerprint density at radius 2 is 2.00 bits per heavy atom. The first-order chi connectivity index (χ1) is 9.75. The van der Waals surface area contributed by atoms with Gasteiger partial charge < -0.3 is 9.84 Å². The molecular weight excluding hydrogens is 292 g/mol. The number of aliphatic hydroxyl groups excluding tert-OH is 1. The summed E-state index contributed by atoms with van der Waals surface area (Å²) in [7, 11) is 2.78. The standard InChI is InChI=1S/C13H12F4N2O2/c1-19-11(10(21-2)6-18-19)12(20)8-5-7(13(15,16)17)3-4-9(8)14/h3-6,12,20H,1-2H3. The van der Waals surface area contributed by atoms with Crippen molar-refractivity contribution in [3.8, 4) is 5.75 Å². The summed E-state index contributed by atoms with van der Waals surface area (Å²) in [5.41, 5.74) is -1.47. The molecule has 1 aromatic heterocycles. The number of hydrogen-bond donors (Lipinski definition) is 1. The van der Waals surface area contributed by atoms with Gasteiger partial charge in [-0.2, -0.15) is 18.3 Å². The molecule has 0 bridgehead atoms. The SMILES string of the molecule is COc1cnn(C)c1C(O)c1cc(C(F)(F)F)ccc1F. The normalized spacial score (nSPS) is 13.3. The van der Waals surface area contributed by atoms with Crippen LogP contribution in [0.4, 0.5) is 17.6 Å². The van der Waals surface area contributed by atoms with Crippen molar-refractivity contribution in [2.45, 2.75) is 12.3 Å². The van der Waals surface area contributed by atoms with E-state index in [4.69, 9.17) is 4.74 Å². The van der Waals surface area contributed by atoms with Gasteiger partial charge in [-0.15, -0.1) is 0 Å². The van der Waals surface area contributed by atoms with E-state index in [1.165, 1.54) is 25.0 Å². The number of rotatable bonds is 3. The fraction of sp³-hybridized carbons (Fsp3) is 0.308. The van der Waals surface area contributed by atoms with E-state index in [1.54, 1.807) is 0 Å². The summed E-state index contributed by atoms with van der Waals surface area (Å²) in [6.07, 6.45) is -4.97. The smallest absolute Gasteiger partial charge is 0.416 e. The van der Waals surface area contributed by atoms with Crippen molar-refractivity contribution < 1.29 is 27.4 Å². The molecule has 0 aliphatic heterocycles. The van der Waals surface area contributed by atoms with E-state index in [2.05, 4.69) is 5.10 Å². The fourth-order valence-corrected chi connectivity index (χ4v) is 1.97. The summed E-state index contributed by atoms with van der Waals surface area (Å²) < 4.78 is 58.0. The van der Waals surface area contributed by atoms with Crippen LogP contribution >= 0.6 is 0 Å². The molecule has 1 unspecified atom stereocenters. The largest absolute Gasteiger partial charge is 0.493 e. The zero-order valence-corrected chi connectivity index (χ0v) is 11.1. The molecule has 1 N–H and O–H groups in total. The maximum atomic E-state index is 13.8. The molecule has 1 heterocycles. The van der Waals surface area contributed by atoms with Crippen LogP contribution in [0.2, 0.25) is 0 Å². The predicted octanol–water partition coefficient (Wildman–Crippen LogP) is 2.67. The number of alkyl halides is 3. The van der Waals surface area contributed by atoms with Crippen LogP contribution in [0.1, 0.15) is 22.9 Å². The van der Waals surface area contributed by atoms with Crippen LogP contribution in [0.5, 0.6) is 5.75 Å². The summed E-state index contributed by atoms with van der Waals surface area (Å²) in [6, 6.07) is 1.86. The van der Waals surface area contributed by atoms with E-state index in [0.717, 1.165) is 0 Å². The average Bonchev–Trinajstić information content (AvgIpc) is 2.78. The fourth-order valence-electron chi connectivity index (χ4n) is 1.97. The minimum absolute atomic E-state index is 0.0655. The highest BCUT2D eigenvalue weighted by Gasteiger charge is 2.33. The molecule has 1 atom stereocenters. The average molecular weight is 304 g/mol. The van der Waals surface area contributed by atoms with Crippen LogP contribution in [0.3, 0.4) is 0 Å².